The minimum Gasteiger partial charge on any atom is -0.496 e. The quantitative estimate of drug-likeness (QED) is 0.655. The number of nitrogens with one attached hydrogen (secondary N) is 1. The van der Waals surface area contributed by atoms with Crippen LogP contribution in [-0.2, 0) is 10.0 Å². The standard InChI is InChI=1S/C24H32N2O5S/c1-16(2)19-15-20(17(3)13-22(19)31-5)24(27)25-18-9-10-21(30-4)23(14-18)32(28,29)26-11-7-6-8-12-26/h9-10,13-16H,6-8,11-12H2,1-5H3,(H,25,27). The predicted octanol–water partition coefficient (Wildman–Crippen LogP) is 4.56. The number of sulfonamides is 1. The van der Waals surface area contributed by atoms with E-state index >= 15 is 0 Å². The zero-order chi connectivity index (χ0) is 23.5. The number of ether oxygens (including phenoxy) is 2. The van der Waals surface area contributed by atoms with Crippen LogP contribution in [0.4, 0.5) is 5.69 Å². The lowest BCUT2D eigenvalue weighted by molar-refractivity contribution is 0.102. The van der Waals surface area contributed by atoms with Crippen LogP contribution in [0.1, 0.15) is 60.5 Å². The predicted molar refractivity (Wildman–Crippen MR) is 125 cm³/mol. The Morgan fingerprint density at radius 3 is 2.25 bits per heavy atom. The number of nitrogens with zero attached hydrogens (tertiary/aromatic N) is 1. The number of carbonyl (C=O) groups excluding carboxylic acids is 1. The highest BCUT2D eigenvalue weighted by atomic mass is 32.2. The van der Waals surface area contributed by atoms with Crippen LogP contribution < -0.4 is 14.8 Å². The van der Waals surface area contributed by atoms with Crippen molar-refractivity contribution in [2.75, 3.05) is 32.6 Å². The summed E-state index contributed by atoms with van der Waals surface area (Å²) in [5.74, 6) is 0.877. The highest BCUT2D eigenvalue weighted by Gasteiger charge is 2.29. The van der Waals surface area contributed by atoms with E-state index in [4.69, 9.17) is 9.47 Å². The Hall–Kier alpha value is -2.58. The van der Waals surface area contributed by atoms with Gasteiger partial charge in [0.25, 0.3) is 5.91 Å². The summed E-state index contributed by atoms with van der Waals surface area (Å²) in [4.78, 5) is 13.1. The number of benzene rings is 2. The summed E-state index contributed by atoms with van der Waals surface area (Å²) in [6, 6.07) is 8.39. The summed E-state index contributed by atoms with van der Waals surface area (Å²) >= 11 is 0. The molecule has 1 heterocycles. The van der Waals surface area contributed by atoms with Gasteiger partial charge < -0.3 is 14.8 Å². The number of hydrogen-bond donors (Lipinski definition) is 1. The first-order valence-corrected chi connectivity index (χ1v) is 12.3. The molecule has 0 aromatic heterocycles. The van der Waals surface area contributed by atoms with Gasteiger partial charge in [0, 0.05) is 24.3 Å². The van der Waals surface area contributed by atoms with Crippen LogP contribution in [0.25, 0.3) is 0 Å². The van der Waals surface area contributed by atoms with E-state index in [0.29, 0.717) is 24.3 Å². The van der Waals surface area contributed by atoms with Gasteiger partial charge in [-0.2, -0.15) is 4.31 Å². The molecule has 1 amide bonds. The zero-order valence-electron chi connectivity index (χ0n) is 19.4. The molecule has 3 rings (SSSR count). The molecule has 1 aliphatic rings. The Labute approximate surface area is 190 Å². The Morgan fingerprint density at radius 1 is 1.00 bits per heavy atom. The van der Waals surface area contributed by atoms with Gasteiger partial charge in [0.2, 0.25) is 10.0 Å². The van der Waals surface area contributed by atoms with E-state index in [2.05, 4.69) is 5.32 Å². The van der Waals surface area contributed by atoms with Crippen LogP contribution in [0.3, 0.4) is 0 Å². The lowest BCUT2D eigenvalue weighted by Crippen LogP contribution is -2.35. The molecular weight excluding hydrogens is 428 g/mol. The second-order valence-electron chi connectivity index (χ2n) is 8.35. The molecule has 0 unspecified atom stereocenters. The summed E-state index contributed by atoms with van der Waals surface area (Å²) in [7, 11) is -0.668. The van der Waals surface area contributed by atoms with Crippen molar-refractivity contribution in [3.8, 4) is 11.5 Å². The maximum Gasteiger partial charge on any atom is 0.255 e. The molecule has 0 aliphatic carbocycles. The van der Waals surface area contributed by atoms with Crippen molar-refractivity contribution >= 4 is 21.6 Å². The van der Waals surface area contributed by atoms with Crippen LogP contribution in [-0.4, -0.2) is 45.9 Å². The normalized spacial score (nSPS) is 14.9. The number of aryl methyl sites for hydroxylation is 1. The maximum absolute atomic E-state index is 13.2. The number of anilines is 1. The molecule has 32 heavy (non-hydrogen) atoms. The minimum atomic E-state index is -3.72. The summed E-state index contributed by atoms with van der Waals surface area (Å²) in [5, 5.41) is 2.85. The molecule has 2 aromatic rings. The van der Waals surface area contributed by atoms with Crippen LogP contribution >= 0.6 is 0 Å². The molecule has 1 fully saturated rings. The first kappa shape index (κ1) is 24.1. The smallest absolute Gasteiger partial charge is 0.255 e. The second kappa shape index (κ2) is 9.92. The van der Waals surface area contributed by atoms with Gasteiger partial charge in [-0.15, -0.1) is 0 Å². The Kier molecular flexibility index (Phi) is 7.46. The lowest BCUT2D eigenvalue weighted by Gasteiger charge is -2.26. The topological polar surface area (TPSA) is 84.9 Å². The molecule has 0 saturated carbocycles. The summed E-state index contributed by atoms with van der Waals surface area (Å²) in [6.07, 6.45) is 2.71. The van der Waals surface area contributed by atoms with Gasteiger partial charge in [0.15, 0.2) is 0 Å². The highest BCUT2D eigenvalue weighted by Crippen LogP contribution is 2.33. The fraction of sp³-hybridized carbons (Fsp3) is 0.458. The van der Waals surface area contributed by atoms with Crippen molar-refractivity contribution in [2.45, 2.75) is 50.8 Å². The van der Waals surface area contributed by atoms with Crippen LogP contribution in [0, 0.1) is 6.92 Å². The van der Waals surface area contributed by atoms with Gasteiger partial charge in [-0.1, -0.05) is 20.3 Å². The average molecular weight is 461 g/mol. The Morgan fingerprint density at radius 2 is 1.66 bits per heavy atom. The number of rotatable bonds is 7. The summed E-state index contributed by atoms with van der Waals surface area (Å²) < 4.78 is 38.7. The first-order chi connectivity index (χ1) is 15.2. The van der Waals surface area contributed by atoms with Gasteiger partial charge in [-0.3, -0.25) is 4.79 Å². The summed E-state index contributed by atoms with van der Waals surface area (Å²) in [5.41, 5.74) is 2.63. The van der Waals surface area contributed by atoms with E-state index in [0.717, 1.165) is 36.1 Å². The number of piperidine rings is 1. The van der Waals surface area contributed by atoms with E-state index in [-0.39, 0.29) is 22.5 Å². The third-order valence-corrected chi connectivity index (χ3v) is 7.72. The molecule has 8 heteroatoms. The van der Waals surface area contributed by atoms with Crippen LogP contribution in [0.5, 0.6) is 11.5 Å². The Balaban J connectivity index is 1.94. The number of methoxy groups -OCH3 is 2. The molecule has 1 saturated heterocycles. The van der Waals surface area contributed by atoms with E-state index in [1.807, 2.05) is 32.9 Å². The third-order valence-electron chi connectivity index (χ3n) is 5.80. The average Bonchev–Trinajstić information content (AvgIpc) is 2.79. The van der Waals surface area contributed by atoms with E-state index in [1.165, 1.54) is 17.5 Å². The van der Waals surface area contributed by atoms with Crippen molar-refractivity contribution in [2.24, 2.45) is 0 Å². The van der Waals surface area contributed by atoms with Crippen molar-refractivity contribution in [1.29, 1.82) is 0 Å². The minimum absolute atomic E-state index is 0.0639. The first-order valence-electron chi connectivity index (χ1n) is 10.9. The monoisotopic (exact) mass is 460 g/mol. The molecule has 0 radical (unpaired) electrons. The molecule has 174 valence electrons. The van der Waals surface area contributed by atoms with Gasteiger partial charge in [-0.25, -0.2) is 8.42 Å². The molecule has 0 spiro atoms. The van der Waals surface area contributed by atoms with Gasteiger partial charge >= 0.3 is 0 Å². The fourth-order valence-electron chi connectivity index (χ4n) is 3.97. The molecule has 1 aliphatic heterocycles. The molecule has 2 aromatic carbocycles. The Bertz CT molecular complexity index is 1090. The molecule has 7 nitrogen and oxygen atoms in total. The number of carbonyl (C=O) groups is 1. The van der Waals surface area contributed by atoms with Crippen molar-refractivity contribution in [3.05, 3.63) is 47.0 Å². The third kappa shape index (κ3) is 4.91. The highest BCUT2D eigenvalue weighted by molar-refractivity contribution is 7.89. The SMILES string of the molecule is COc1cc(C)c(C(=O)Nc2ccc(OC)c(S(=O)(=O)N3CCCCC3)c2)cc1C(C)C. The van der Waals surface area contributed by atoms with Gasteiger partial charge in [-0.05, 0) is 67.1 Å². The fourth-order valence-corrected chi connectivity index (χ4v) is 5.67. The van der Waals surface area contributed by atoms with Gasteiger partial charge in [0.1, 0.15) is 16.4 Å². The van der Waals surface area contributed by atoms with Crippen molar-refractivity contribution in [3.63, 3.8) is 0 Å². The van der Waals surface area contributed by atoms with E-state index in [9.17, 15) is 13.2 Å². The molecule has 1 N–H and O–H groups in total. The second-order valence-corrected chi connectivity index (χ2v) is 10.3. The molecular formula is C24H32N2O5S. The van der Waals surface area contributed by atoms with Crippen LogP contribution in [0.15, 0.2) is 35.2 Å². The molecule has 0 atom stereocenters. The number of hydrogen-bond acceptors (Lipinski definition) is 5. The van der Waals surface area contributed by atoms with E-state index < -0.39 is 10.0 Å². The number of amides is 1. The van der Waals surface area contributed by atoms with Crippen molar-refractivity contribution in [1.82, 2.24) is 4.31 Å². The largest absolute Gasteiger partial charge is 0.496 e. The van der Waals surface area contributed by atoms with Crippen molar-refractivity contribution < 1.29 is 22.7 Å². The van der Waals surface area contributed by atoms with E-state index in [1.54, 1.807) is 19.2 Å². The zero-order valence-corrected chi connectivity index (χ0v) is 20.2. The molecule has 0 bridgehead atoms. The lowest BCUT2D eigenvalue weighted by atomic mass is 9.96. The van der Waals surface area contributed by atoms with Gasteiger partial charge in [0.05, 0.1) is 14.2 Å². The maximum atomic E-state index is 13.2. The van der Waals surface area contributed by atoms with Crippen LogP contribution in [0.2, 0.25) is 0 Å². The summed E-state index contributed by atoms with van der Waals surface area (Å²) in [6.45, 7) is 6.91.